The van der Waals surface area contributed by atoms with Crippen molar-refractivity contribution >= 4 is 11.7 Å². The average molecular weight is 308 g/mol. The lowest BCUT2D eigenvalue weighted by atomic mass is 9.94. The molecule has 3 nitrogen and oxygen atoms in total. The Morgan fingerprint density at radius 1 is 1.00 bits per heavy atom. The molecule has 0 aliphatic carbocycles. The minimum absolute atomic E-state index is 0.0202. The minimum Gasteiger partial charge on any atom is -0.329 e. The second-order valence-electron chi connectivity index (χ2n) is 6.66. The van der Waals surface area contributed by atoms with Gasteiger partial charge in [-0.15, -0.1) is 0 Å². The van der Waals surface area contributed by atoms with E-state index in [9.17, 15) is 4.79 Å². The van der Waals surface area contributed by atoms with Crippen molar-refractivity contribution in [1.82, 2.24) is 5.32 Å². The Balaban J connectivity index is 1.83. The van der Waals surface area contributed by atoms with Gasteiger partial charge < -0.3 is 5.32 Å². The van der Waals surface area contributed by atoms with Crippen LogP contribution in [0.3, 0.4) is 0 Å². The van der Waals surface area contributed by atoms with Crippen molar-refractivity contribution in [1.29, 1.82) is 0 Å². The summed E-state index contributed by atoms with van der Waals surface area (Å²) in [4.78, 5) is 14.8. The first-order valence-electron chi connectivity index (χ1n) is 8.31. The number of benzene rings is 2. The molecule has 0 saturated heterocycles. The number of urea groups is 1. The number of nitrogens with one attached hydrogen (secondary N) is 1. The van der Waals surface area contributed by atoms with E-state index in [1.807, 2.05) is 49.1 Å². The second-order valence-corrected chi connectivity index (χ2v) is 6.66. The highest BCUT2D eigenvalue weighted by Crippen LogP contribution is 2.27. The summed E-state index contributed by atoms with van der Waals surface area (Å²) < 4.78 is 0. The van der Waals surface area contributed by atoms with Gasteiger partial charge in [0.2, 0.25) is 0 Å². The van der Waals surface area contributed by atoms with Gasteiger partial charge in [-0.3, -0.25) is 4.90 Å². The maximum absolute atomic E-state index is 12.9. The van der Waals surface area contributed by atoms with Crippen LogP contribution in [0.5, 0.6) is 0 Å². The molecular formula is C20H24N2O. The zero-order chi connectivity index (χ0) is 16.3. The second kappa shape index (κ2) is 6.45. The number of carbonyl (C=O) groups excluding carboxylic acids is 1. The number of hydrogen-bond donors (Lipinski definition) is 1. The fourth-order valence-corrected chi connectivity index (χ4v) is 3.16. The molecule has 0 unspecified atom stereocenters. The largest absolute Gasteiger partial charge is 0.329 e. The monoisotopic (exact) mass is 308 g/mol. The van der Waals surface area contributed by atoms with Crippen molar-refractivity contribution in [3.8, 4) is 0 Å². The summed E-state index contributed by atoms with van der Waals surface area (Å²) in [5, 5.41) is 3.20. The SMILES string of the molecule is CC(C)(NC(=O)N1CCCCc2ccccc21)c1ccccc1. The summed E-state index contributed by atoms with van der Waals surface area (Å²) in [6.45, 7) is 4.86. The Hall–Kier alpha value is -2.29. The Kier molecular flexibility index (Phi) is 4.37. The van der Waals surface area contributed by atoms with Gasteiger partial charge in [-0.2, -0.15) is 0 Å². The lowest BCUT2D eigenvalue weighted by molar-refractivity contribution is 0.235. The summed E-state index contributed by atoms with van der Waals surface area (Å²) >= 11 is 0. The molecule has 1 aliphatic rings. The van der Waals surface area contributed by atoms with Crippen LogP contribution < -0.4 is 10.2 Å². The van der Waals surface area contributed by atoms with Gasteiger partial charge in [0.1, 0.15) is 0 Å². The summed E-state index contributed by atoms with van der Waals surface area (Å²) in [6, 6.07) is 18.3. The third-order valence-corrected chi connectivity index (χ3v) is 4.52. The molecule has 2 aromatic carbocycles. The molecule has 2 amide bonds. The van der Waals surface area contributed by atoms with E-state index < -0.39 is 5.54 Å². The summed E-state index contributed by atoms with van der Waals surface area (Å²) in [5.41, 5.74) is 3.01. The Morgan fingerprint density at radius 3 is 2.48 bits per heavy atom. The first-order chi connectivity index (χ1) is 11.1. The first kappa shape index (κ1) is 15.6. The molecule has 1 aliphatic heterocycles. The first-order valence-corrected chi connectivity index (χ1v) is 8.31. The summed E-state index contributed by atoms with van der Waals surface area (Å²) in [7, 11) is 0. The van der Waals surface area contributed by atoms with Crippen LogP contribution in [0.15, 0.2) is 54.6 Å². The fraction of sp³-hybridized carbons (Fsp3) is 0.350. The molecule has 2 aromatic rings. The van der Waals surface area contributed by atoms with Gasteiger partial charge in [-0.1, -0.05) is 48.5 Å². The Morgan fingerprint density at radius 2 is 1.70 bits per heavy atom. The molecule has 0 fully saturated rings. The van der Waals surface area contributed by atoms with E-state index in [2.05, 4.69) is 29.6 Å². The lowest BCUT2D eigenvalue weighted by Crippen LogP contribution is -2.49. The normalized spacial score (nSPS) is 14.8. The molecule has 3 rings (SSSR count). The molecule has 0 saturated carbocycles. The smallest absolute Gasteiger partial charge is 0.322 e. The molecule has 0 aromatic heterocycles. The number of aryl methyl sites for hydroxylation is 1. The van der Waals surface area contributed by atoms with Crippen LogP contribution in [0.4, 0.5) is 10.5 Å². The summed E-state index contributed by atoms with van der Waals surface area (Å²) in [6.07, 6.45) is 3.21. The number of nitrogens with zero attached hydrogens (tertiary/aromatic N) is 1. The van der Waals surface area contributed by atoms with Gasteiger partial charge in [-0.25, -0.2) is 4.79 Å². The van der Waals surface area contributed by atoms with Crippen LogP contribution in [0.2, 0.25) is 0 Å². The van der Waals surface area contributed by atoms with E-state index in [0.29, 0.717) is 0 Å². The van der Waals surface area contributed by atoms with Crippen molar-refractivity contribution < 1.29 is 4.79 Å². The van der Waals surface area contributed by atoms with Crippen LogP contribution in [0, 0.1) is 0 Å². The van der Waals surface area contributed by atoms with Crippen LogP contribution in [0.25, 0.3) is 0 Å². The molecule has 1 heterocycles. The standard InChI is InChI=1S/C20H24N2O/c1-20(2,17-12-4-3-5-13-17)21-19(23)22-15-9-8-11-16-10-6-7-14-18(16)22/h3-7,10,12-14H,8-9,11,15H2,1-2H3,(H,21,23). The van der Waals surface area contributed by atoms with Gasteiger partial charge in [0.05, 0.1) is 5.54 Å². The van der Waals surface area contributed by atoms with Crippen LogP contribution in [0.1, 0.15) is 37.8 Å². The van der Waals surface area contributed by atoms with Crippen LogP contribution in [-0.2, 0) is 12.0 Å². The van der Waals surface area contributed by atoms with Crippen molar-refractivity contribution in [2.45, 2.75) is 38.6 Å². The molecule has 0 radical (unpaired) electrons. The zero-order valence-corrected chi connectivity index (χ0v) is 13.9. The number of para-hydroxylation sites is 1. The van der Waals surface area contributed by atoms with E-state index in [1.165, 1.54) is 5.56 Å². The third-order valence-electron chi connectivity index (χ3n) is 4.52. The van der Waals surface area contributed by atoms with Gasteiger partial charge >= 0.3 is 6.03 Å². The predicted molar refractivity (Wildman–Crippen MR) is 94.7 cm³/mol. The highest BCUT2D eigenvalue weighted by molar-refractivity contribution is 5.93. The molecule has 0 atom stereocenters. The van der Waals surface area contributed by atoms with E-state index in [1.54, 1.807) is 0 Å². The number of hydrogen-bond acceptors (Lipinski definition) is 1. The molecule has 3 heteroatoms. The van der Waals surface area contributed by atoms with E-state index in [0.717, 1.165) is 37.1 Å². The van der Waals surface area contributed by atoms with Crippen molar-refractivity contribution in [3.63, 3.8) is 0 Å². The van der Waals surface area contributed by atoms with Crippen molar-refractivity contribution in [2.75, 3.05) is 11.4 Å². The highest BCUT2D eigenvalue weighted by atomic mass is 16.2. The topological polar surface area (TPSA) is 32.3 Å². The molecule has 0 bridgehead atoms. The third kappa shape index (κ3) is 3.39. The predicted octanol–water partition coefficient (Wildman–Crippen LogP) is 4.47. The average Bonchev–Trinajstić information content (AvgIpc) is 2.78. The zero-order valence-electron chi connectivity index (χ0n) is 13.9. The van der Waals surface area contributed by atoms with E-state index in [4.69, 9.17) is 0 Å². The molecule has 0 spiro atoms. The van der Waals surface area contributed by atoms with Gasteiger partial charge in [-0.05, 0) is 50.3 Å². The van der Waals surface area contributed by atoms with Gasteiger partial charge in [0, 0.05) is 12.2 Å². The van der Waals surface area contributed by atoms with Crippen LogP contribution in [-0.4, -0.2) is 12.6 Å². The van der Waals surface area contributed by atoms with Crippen LogP contribution >= 0.6 is 0 Å². The highest BCUT2D eigenvalue weighted by Gasteiger charge is 2.27. The number of anilines is 1. The minimum atomic E-state index is -0.403. The number of amides is 2. The molecule has 23 heavy (non-hydrogen) atoms. The number of carbonyl (C=O) groups is 1. The maximum Gasteiger partial charge on any atom is 0.322 e. The summed E-state index contributed by atoms with van der Waals surface area (Å²) in [5.74, 6) is 0. The molecular weight excluding hydrogens is 284 g/mol. The maximum atomic E-state index is 12.9. The number of rotatable bonds is 2. The fourth-order valence-electron chi connectivity index (χ4n) is 3.16. The Bertz CT molecular complexity index is 679. The molecule has 1 N–H and O–H groups in total. The van der Waals surface area contributed by atoms with Crippen molar-refractivity contribution in [2.24, 2.45) is 0 Å². The van der Waals surface area contributed by atoms with Crippen molar-refractivity contribution in [3.05, 3.63) is 65.7 Å². The quantitative estimate of drug-likeness (QED) is 0.872. The van der Waals surface area contributed by atoms with Gasteiger partial charge in [0.25, 0.3) is 0 Å². The Labute approximate surface area is 138 Å². The van der Waals surface area contributed by atoms with E-state index >= 15 is 0 Å². The van der Waals surface area contributed by atoms with Gasteiger partial charge in [0.15, 0.2) is 0 Å². The number of fused-ring (bicyclic) bond motifs is 1. The van der Waals surface area contributed by atoms with E-state index in [-0.39, 0.29) is 6.03 Å². The lowest BCUT2D eigenvalue weighted by Gasteiger charge is -2.31. The molecule has 120 valence electrons.